The molecule has 1 aliphatic rings. The molecule has 0 bridgehead atoms. The molecule has 0 amide bonds. The molecule has 0 aromatic carbocycles. The summed E-state index contributed by atoms with van der Waals surface area (Å²) in [6.45, 7) is 4.46. The highest BCUT2D eigenvalue weighted by molar-refractivity contribution is 5.82. The van der Waals surface area contributed by atoms with E-state index in [0.717, 1.165) is 6.42 Å². The average molecular weight is 168 g/mol. The molecule has 0 aromatic heterocycles. The Balaban J connectivity index is 2.49. The highest BCUT2D eigenvalue weighted by atomic mass is 16.5. The van der Waals surface area contributed by atoms with Crippen molar-refractivity contribution in [2.45, 2.75) is 33.1 Å². The number of ether oxygens (including phenoxy) is 1. The molecule has 1 aliphatic carbocycles. The van der Waals surface area contributed by atoms with Gasteiger partial charge >= 0.3 is 5.97 Å². The molecule has 0 saturated heterocycles. The normalized spacial score (nSPS) is 26.2. The molecule has 68 valence electrons. The monoisotopic (exact) mass is 168 g/mol. The van der Waals surface area contributed by atoms with Crippen LogP contribution in [0.1, 0.15) is 33.1 Å². The lowest BCUT2D eigenvalue weighted by molar-refractivity contribution is -0.137. The number of esters is 1. The molecular weight excluding hydrogens is 152 g/mol. The zero-order chi connectivity index (χ0) is 8.97. The van der Waals surface area contributed by atoms with Gasteiger partial charge in [-0.15, -0.1) is 0 Å². The first-order valence-electron chi connectivity index (χ1n) is 4.61. The third-order valence-corrected chi connectivity index (χ3v) is 2.33. The van der Waals surface area contributed by atoms with E-state index in [1.807, 2.05) is 6.92 Å². The Labute approximate surface area is 73.6 Å². The Kier molecular flexibility index (Phi) is 3.32. The van der Waals surface area contributed by atoms with Crippen LogP contribution in [0.2, 0.25) is 0 Å². The molecule has 12 heavy (non-hydrogen) atoms. The minimum atomic E-state index is -0.179. The summed E-state index contributed by atoms with van der Waals surface area (Å²) >= 11 is 0. The van der Waals surface area contributed by atoms with Crippen LogP contribution in [0.5, 0.6) is 0 Å². The molecule has 0 N–H and O–H groups in total. The predicted octanol–water partition coefficient (Wildman–Crippen LogP) is 2.30. The molecule has 2 heteroatoms. The zero-order valence-corrected chi connectivity index (χ0v) is 7.80. The maximum Gasteiger partial charge on any atom is 0.330 e. The van der Waals surface area contributed by atoms with Gasteiger partial charge in [0.1, 0.15) is 0 Å². The second kappa shape index (κ2) is 4.29. The molecular formula is C10H16O2. The Hall–Kier alpha value is -0.790. The Morgan fingerprint density at radius 1 is 1.75 bits per heavy atom. The molecule has 1 unspecified atom stereocenters. The van der Waals surface area contributed by atoms with Crippen LogP contribution in [-0.2, 0) is 9.53 Å². The maximum absolute atomic E-state index is 11.0. The van der Waals surface area contributed by atoms with Crippen LogP contribution in [-0.4, -0.2) is 12.6 Å². The molecule has 1 atom stereocenters. The summed E-state index contributed by atoms with van der Waals surface area (Å²) in [7, 11) is 0. The van der Waals surface area contributed by atoms with Crippen molar-refractivity contribution < 1.29 is 9.53 Å². The fourth-order valence-corrected chi connectivity index (χ4v) is 1.59. The zero-order valence-electron chi connectivity index (χ0n) is 7.80. The first-order chi connectivity index (χ1) is 5.74. The smallest absolute Gasteiger partial charge is 0.330 e. The van der Waals surface area contributed by atoms with Crippen LogP contribution in [0, 0.1) is 5.92 Å². The van der Waals surface area contributed by atoms with Crippen molar-refractivity contribution in [1.29, 1.82) is 0 Å². The van der Waals surface area contributed by atoms with Crippen molar-refractivity contribution in [2.24, 2.45) is 5.92 Å². The molecule has 0 spiro atoms. The highest BCUT2D eigenvalue weighted by Crippen LogP contribution is 2.30. The number of hydrogen-bond acceptors (Lipinski definition) is 2. The third-order valence-electron chi connectivity index (χ3n) is 2.33. The molecule has 0 aliphatic heterocycles. The second-order valence-corrected chi connectivity index (χ2v) is 3.26. The van der Waals surface area contributed by atoms with Gasteiger partial charge in [0.15, 0.2) is 0 Å². The van der Waals surface area contributed by atoms with Crippen LogP contribution >= 0.6 is 0 Å². The average Bonchev–Trinajstić information content (AvgIpc) is 2.37. The van der Waals surface area contributed by atoms with Gasteiger partial charge in [-0.05, 0) is 32.1 Å². The van der Waals surface area contributed by atoms with E-state index in [1.165, 1.54) is 18.4 Å². The van der Waals surface area contributed by atoms with Crippen molar-refractivity contribution in [2.75, 3.05) is 6.61 Å². The number of carbonyl (C=O) groups excluding carboxylic acids is 1. The van der Waals surface area contributed by atoms with E-state index in [0.29, 0.717) is 12.5 Å². The second-order valence-electron chi connectivity index (χ2n) is 3.26. The van der Waals surface area contributed by atoms with Gasteiger partial charge < -0.3 is 4.74 Å². The summed E-state index contributed by atoms with van der Waals surface area (Å²) in [6.07, 6.45) is 5.17. The number of rotatable bonds is 2. The lowest BCUT2D eigenvalue weighted by Crippen LogP contribution is -2.02. The minimum absolute atomic E-state index is 0.179. The fraction of sp³-hybridized carbons (Fsp3) is 0.700. The van der Waals surface area contributed by atoms with Gasteiger partial charge in [0.25, 0.3) is 0 Å². The number of hydrogen-bond donors (Lipinski definition) is 0. The van der Waals surface area contributed by atoms with Gasteiger partial charge in [-0.25, -0.2) is 4.79 Å². The summed E-state index contributed by atoms with van der Waals surface area (Å²) in [5.74, 6) is 0.399. The SMILES string of the molecule is CCOC(=O)/C=C1/CCCC1C. The lowest BCUT2D eigenvalue weighted by Gasteiger charge is -2.03. The van der Waals surface area contributed by atoms with E-state index in [9.17, 15) is 4.79 Å². The maximum atomic E-state index is 11.0. The van der Waals surface area contributed by atoms with Gasteiger partial charge in [-0.3, -0.25) is 0 Å². The Bertz CT molecular complexity index is 194. The first-order valence-corrected chi connectivity index (χ1v) is 4.61. The summed E-state index contributed by atoms with van der Waals surface area (Å²) in [4.78, 5) is 11.0. The Morgan fingerprint density at radius 2 is 2.50 bits per heavy atom. The highest BCUT2D eigenvalue weighted by Gasteiger charge is 2.16. The molecule has 2 nitrogen and oxygen atoms in total. The molecule has 1 rings (SSSR count). The van der Waals surface area contributed by atoms with Gasteiger partial charge in [0.05, 0.1) is 6.61 Å². The van der Waals surface area contributed by atoms with Crippen molar-refractivity contribution in [3.05, 3.63) is 11.6 Å². The van der Waals surface area contributed by atoms with Crippen LogP contribution in [0.15, 0.2) is 11.6 Å². The van der Waals surface area contributed by atoms with Crippen LogP contribution < -0.4 is 0 Å². The van der Waals surface area contributed by atoms with Gasteiger partial charge in [-0.2, -0.15) is 0 Å². The van der Waals surface area contributed by atoms with E-state index < -0.39 is 0 Å². The standard InChI is InChI=1S/C10H16O2/c1-3-12-10(11)7-9-6-4-5-8(9)2/h7-8H,3-6H2,1-2H3/b9-7-. The van der Waals surface area contributed by atoms with Crippen LogP contribution in [0.25, 0.3) is 0 Å². The van der Waals surface area contributed by atoms with Crippen LogP contribution in [0.4, 0.5) is 0 Å². The predicted molar refractivity (Wildman–Crippen MR) is 47.7 cm³/mol. The fourth-order valence-electron chi connectivity index (χ4n) is 1.59. The first kappa shape index (κ1) is 9.30. The number of allylic oxidation sites excluding steroid dienone is 1. The lowest BCUT2D eigenvalue weighted by atomic mass is 10.1. The van der Waals surface area contributed by atoms with Gasteiger partial charge in [0.2, 0.25) is 0 Å². The van der Waals surface area contributed by atoms with Gasteiger partial charge in [0, 0.05) is 6.08 Å². The summed E-state index contributed by atoms with van der Waals surface area (Å²) < 4.78 is 4.84. The molecule has 0 heterocycles. The van der Waals surface area contributed by atoms with Crippen molar-refractivity contribution in [1.82, 2.24) is 0 Å². The van der Waals surface area contributed by atoms with Crippen molar-refractivity contribution in [3.63, 3.8) is 0 Å². The van der Waals surface area contributed by atoms with Crippen LogP contribution in [0.3, 0.4) is 0 Å². The minimum Gasteiger partial charge on any atom is -0.463 e. The van der Waals surface area contributed by atoms with Crippen molar-refractivity contribution in [3.8, 4) is 0 Å². The topological polar surface area (TPSA) is 26.3 Å². The molecule has 1 saturated carbocycles. The summed E-state index contributed by atoms with van der Waals surface area (Å²) in [5.41, 5.74) is 1.26. The molecule has 1 fully saturated rings. The van der Waals surface area contributed by atoms with E-state index >= 15 is 0 Å². The van der Waals surface area contributed by atoms with E-state index in [2.05, 4.69) is 6.92 Å². The van der Waals surface area contributed by atoms with Crippen molar-refractivity contribution >= 4 is 5.97 Å². The number of carbonyl (C=O) groups is 1. The quantitative estimate of drug-likeness (QED) is 0.467. The van der Waals surface area contributed by atoms with Gasteiger partial charge in [-0.1, -0.05) is 12.5 Å². The molecule has 0 radical (unpaired) electrons. The molecule has 0 aromatic rings. The summed E-state index contributed by atoms with van der Waals surface area (Å²) in [5, 5.41) is 0. The van der Waals surface area contributed by atoms with E-state index in [4.69, 9.17) is 4.74 Å². The third kappa shape index (κ3) is 2.36. The largest absolute Gasteiger partial charge is 0.463 e. The van der Waals surface area contributed by atoms with E-state index in [-0.39, 0.29) is 5.97 Å². The Morgan fingerprint density at radius 3 is 3.00 bits per heavy atom. The summed E-state index contributed by atoms with van der Waals surface area (Å²) in [6, 6.07) is 0. The van der Waals surface area contributed by atoms with E-state index in [1.54, 1.807) is 6.08 Å².